The van der Waals surface area contributed by atoms with E-state index in [0.717, 1.165) is 24.1 Å². The lowest BCUT2D eigenvalue weighted by atomic mass is 10.2. The van der Waals surface area contributed by atoms with Gasteiger partial charge in [0.15, 0.2) is 0 Å². The first kappa shape index (κ1) is 14.3. The molecule has 114 valence electrons. The molecular weight excluding hydrogens is 290 g/mol. The van der Waals surface area contributed by atoms with Gasteiger partial charge in [-0.25, -0.2) is 13.1 Å². The minimum Gasteiger partial charge on any atom is -0.346 e. The van der Waals surface area contributed by atoms with Crippen LogP contribution in [0.3, 0.4) is 0 Å². The highest BCUT2D eigenvalue weighted by Crippen LogP contribution is 2.37. The van der Waals surface area contributed by atoms with E-state index in [0.29, 0.717) is 12.6 Å². The predicted octanol–water partition coefficient (Wildman–Crippen LogP) is 1.04. The maximum absolute atomic E-state index is 12.5. The molecule has 8 heteroatoms. The Bertz CT molecular complexity index is 716. The maximum atomic E-state index is 12.5. The molecule has 2 aromatic heterocycles. The Morgan fingerprint density at radius 1 is 1.57 bits per heavy atom. The third kappa shape index (κ3) is 2.87. The molecule has 0 saturated heterocycles. The molecule has 0 aliphatic heterocycles. The van der Waals surface area contributed by atoms with Crippen LogP contribution in [-0.4, -0.2) is 23.2 Å². The number of nitrogens with two attached hydrogens (primary N) is 1. The van der Waals surface area contributed by atoms with E-state index in [1.807, 2.05) is 4.57 Å². The number of hydrogen-bond acceptors (Lipinski definition) is 4. The largest absolute Gasteiger partial charge is 0.346 e. The van der Waals surface area contributed by atoms with Crippen LogP contribution in [0.25, 0.3) is 0 Å². The molecule has 0 spiro atoms. The summed E-state index contributed by atoms with van der Waals surface area (Å²) in [4.78, 5) is 0.269. The number of aromatic amines is 1. The second-order valence-electron chi connectivity index (χ2n) is 5.38. The van der Waals surface area contributed by atoms with E-state index in [1.165, 1.54) is 0 Å². The summed E-state index contributed by atoms with van der Waals surface area (Å²) in [6.45, 7) is 2.12. The first-order chi connectivity index (χ1) is 10.0. The maximum Gasteiger partial charge on any atom is 0.242 e. The highest BCUT2D eigenvalue weighted by molar-refractivity contribution is 7.89. The van der Waals surface area contributed by atoms with Crippen LogP contribution in [0, 0.1) is 0 Å². The molecule has 0 aromatic carbocycles. The average molecular weight is 309 g/mol. The predicted molar refractivity (Wildman–Crippen MR) is 77.9 cm³/mol. The zero-order valence-electron chi connectivity index (χ0n) is 11.8. The second-order valence-corrected chi connectivity index (χ2v) is 7.10. The van der Waals surface area contributed by atoms with E-state index in [9.17, 15) is 8.42 Å². The summed E-state index contributed by atoms with van der Waals surface area (Å²) in [5.74, 6) is 0. The molecule has 2 heterocycles. The zero-order chi connectivity index (χ0) is 15.0. The molecule has 0 amide bonds. The van der Waals surface area contributed by atoms with Crippen LogP contribution in [0.1, 0.15) is 43.1 Å². The van der Waals surface area contributed by atoms with Crippen LogP contribution in [0.2, 0.25) is 0 Å². The highest BCUT2D eigenvalue weighted by Gasteiger charge is 2.28. The summed E-state index contributed by atoms with van der Waals surface area (Å²) in [5, 5.41) is 6.50. The summed E-state index contributed by atoms with van der Waals surface area (Å²) >= 11 is 0. The van der Waals surface area contributed by atoms with E-state index >= 15 is 0 Å². The molecule has 4 N–H and O–H groups in total. The molecule has 3 rings (SSSR count). The SMILES string of the molecule is CC(NS(=O)(=O)c1cc(CN)n(C2CC2)c1)c1cn[nH]c1. The van der Waals surface area contributed by atoms with Crippen molar-refractivity contribution < 1.29 is 8.42 Å². The molecule has 0 bridgehead atoms. The lowest BCUT2D eigenvalue weighted by molar-refractivity contribution is 0.566. The van der Waals surface area contributed by atoms with Gasteiger partial charge in [-0.05, 0) is 25.8 Å². The van der Waals surface area contributed by atoms with Gasteiger partial charge in [0.1, 0.15) is 0 Å². The van der Waals surface area contributed by atoms with Crippen molar-refractivity contribution in [3.63, 3.8) is 0 Å². The minimum atomic E-state index is -3.57. The average Bonchev–Trinajstić information content (AvgIpc) is 2.98. The fourth-order valence-corrected chi connectivity index (χ4v) is 3.65. The summed E-state index contributed by atoms with van der Waals surface area (Å²) < 4.78 is 29.6. The number of hydrogen-bond donors (Lipinski definition) is 3. The topological polar surface area (TPSA) is 106 Å². The Morgan fingerprint density at radius 3 is 2.90 bits per heavy atom. The number of sulfonamides is 1. The van der Waals surface area contributed by atoms with Crippen molar-refractivity contribution in [1.82, 2.24) is 19.5 Å². The monoisotopic (exact) mass is 309 g/mol. The van der Waals surface area contributed by atoms with Crippen LogP contribution >= 0.6 is 0 Å². The summed E-state index contributed by atoms with van der Waals surface area (Å²) in [6, 6.07) is 1.71. The van der Waals surface area contributed by atoms with E-state index < -0.39 is 10.0 Å². The van der Waals surface area contributed by atoms with Crippen molar-refractivity contribution in [2.45, 2.75) is 43.3 Å². The highest BCUT2D eigenvalue weighted by atomic mass is 32.2. The smallest absolute Gasteiger partial charge is 0.242 e. The Balaban J connectivity index is 1.84. The van der Waals surface area contributed by atoms with Crippen molar-refractivity contribution in [3.05, 3.63) is 35.9 Å². The van der Waals surface area contributed by atoms with Gasteiger partial charge in [0, 0.05) is 42.3 Å². The first-order valence-electron chi connectivity index (χ1n) is 6.93. The van der Waals surface area contributed by atoms with Gasteiger partial charge in [-0.2, -0.15) is 5.10 Å². The lowest BCUT2D eigenvalue weighted by Crippen LogP contribution is -2.26. The standard InChI is InChI=1S/C13H19N5O2S/c1-9(10-6-15-16-7-10)17-21(19,20)13-4-12(5-14)18(8-13)11-2-3-11/h4,6-9,11,17H,2-3,5,14H2,1H3,(H,15,16). The van der Waals surface area contributed by atoms with Crippen LogP contribution in [-0.2, 0) is 16.6 Å². The van der Waals surface area contributed by atoms with E-state index in [4.69, 9.17) is 5.73 Å². The molecule has 1 atom stereocenters. The van der Waals surface area contributed by atoms with Crippen molar-refractivity contribution in [3.8, 4) is 0 Å². The Kier molecular flexibility index (Phi) is 3.60. The lowest BCUT2D eigenvalue weighted by Gasteiger charge is -2.11. The Hall–Kier alpha value is -1.64. The van der Waals surface area contributed by atoms with Crippen molar-refractivity contribution in [2.24, 2.45) is 5.73 Å². The number of nitrogens with zero attached hydrogens (tertiary/aromatic N) is 2. The van der Waals surface area contributed by atoms with E-state index in [2.05, 4.69) is 14.9 Å². The third-order valence-corrected chi connectivity index (χ3v) is 5.23. The molecule has 1 aliphatic carbocycles. The molecule has 1 unspecified atom stereocenters. The summed E-state index contributed by atoms with van der Waals surface area (Å²) in [5.41, 5.74) is 7.35. The Morgan fingerprint density at radius 2 is 2.33 bits per heavy atom. The van der Waals surface area contributed by atoms with Gasteiger partial charge in [0.25, 0.3) is 0 Å². The van der Waals surface area contributed by atoms with Gasteiger partial charge in [-0.1, -0.05) is 0 Å². The fourth-order valence-electron chi connectivity index (χ4n) is 2.37. The Labute approximate surface area is 123 Å². The molecular formula is C13H19N5O2S. The second kappa shape index (κ2) is 5.28. The van der Waals surface area contributed by atoms with Crippen molar-refractivity contribution in [2.75, 3.05) is 0 Å². The van der Waals surface area contributed by atoms with E-state index in [1.54, 1.807) is 31.6 Å². The summed E-state index contributed by atoms with van der Waals surface area (Å²) in [7, 11) is -3.57. The number of H-pyrrole nitrogens is 1. The van der Waals surface area contributed by atoms with Crippen LogP contribution < -0.4 is 10.5 Å². The van der Waals surface area contributed by atoms with Gasteiger partial charge >= 0.3 is 0 Å². The number of rotatable bonds is 6. The van der Waals surface area contributed by atoms with E-state index in [-0.39, 0.29) is 10.9 Å². The number of nitrogens with one attached hydrogen (secondary N) is 2. The molecule has 21 heavy (non-hydrogen) atoms. The normalized spacial score (nSPS) is 17.0. The molecule has 0 radical (unpaired) electrons. The quantitative estimate of drug-likeness (QED) is 0.741. The van der Waals surface area contributed by atoms with Crippen molar-refractivity contribution >= 4 is 10.0 Å². The molecule has 2 aromatic rings. The molecule has 1 saturated carbocycles. The zero-order valence-corrected chi connectivity index (χ0v) is 12.6. The molecule has 1 aliphatic rings. The van der Waals surface area contributed by atoms with Gasteiger partial charge in [-0.15, -0.1) is 0 Å². The third-order valence-electron chi connectivity index (χ3n) is 3.72. The van der Waals surface area contributed by atoms with Gasteiger partial charge < -0.3 is 10.3 Å². The minimum absolute atomic E-state index is 0.269. The summed E-state index contributed by atoms with van der Waals surface area (Å²) in [6.07, 6.45) is 7.13. The first-order valence-corrected chi connectivity index (χ1v) is 8.41. The fraction of sp³-hybridized carbons (Fsp3) is 0.462. The molecule has 1 fully saturated rings. The van der Waals surface area contributed by atoms with Gasteiger partial charge in [-0.3, -0.25) is 5.10 Å². The van der Waals surface area contributed by atoms with Crippen LogP contribution in [0.5, 0.6) is 0 Å². The van der Waals surface area contributed by atoms with Gasteiger partial charge in [0.05, 0.1) is 11.1 Å². The molecule has 7 nitrogen and oxygen atoms in total. The van der Waals surface area contributed by atoms with Gasteiger partial charge in [0.2, 0.25) is 10.0 Å². The number of aromatic nitrogens is 3. The van der Waals surface area contributed by atoms with Crippen molar-refractivity contribution in [1.29, 1.82) is 0 Å². The van der Waals surface area contributed by atoms with Crippen LogP contribution in [0.15, 0.2) is 29.6 Å². The van der Waals surface area contributed by atoms with Crippen LogP contribution in [0.4, 0.5) is 0 Å².